The molecule has 4 nitrogen and oxygen atoms in total. The topological polar surface area (TPSA) is 40.0 Å². The van der Waals surface area contributed by atoms with E-state index in [0.29, 0.717) is 0 Å². The fraction of sp³-hybridized carbons (Fsp3) is 0.412. The molecule has 1 N–H and O–H groups in total. The van der Waals surface area contributed by atoms with E-state index in [-0.39, 0.29) is 36.4 Å². The van der Waals surface area contributed by atoms with E-state index in [9.17, 15) is 0 Å². The van der Waals surface area contributed by atoms with Crippen molar-refractivity contribution in [2.75, 3.05) is 18.8 Å². The summed E-state index contributed by atoms with van der Waals surface area (Å²) in [5.74, 6) is 0.940. The van der Waals surface area contributed by atoms with Gasteiger partial charge >= 0.3 is 0 Å². The summed E-state index contributed by atoms with van der Waals surface area (Å²) < 4.78 is 0. The molecular weight excluding hydrogens is 395 g/mol. The molecule has 0 aliphatic carbocycles. The van der Waals surface area contributed by atoms with Crippen LogP contribution in [0, 0.1) is 0 Å². The molecule has 4 rings (SSSR count). The maximum absolute atomic E-state index is 4.87. The molecule has 1 aromatic rings. The van der Waals surface area contributed by atoms with Crippen LogP contribution in [-0.2, 0) is 0 Å². The van der Waals surface area contributed by atoms with Crippen molar-refractivity contribution in [3.63, 3.8) is 0 Å². The lowest BCUT2D eigenvalue weighted by Gasteiger charge is -2.20. The molecule has 136 valence electrons. The number of hydrogen-bond acceptors (Lipinski definition) is 6. The van der Waals surface area contributed by atoms with E-state index in [1.807, 2.05) is 0 Å². The Morgan fingerprint density at radius 1 is 1.28 bits per heavy atom. The minimum Gasteiger partial charge on any atom is -0.358 e. The van der Waals surface area contributed by atoms with Gasteiger partial charge in [0.2, 0.25) is 0 Å². The molecule has 0 radical (unpaired) electrons. The summed E-state index contributed by atoms with van der Waals surface area (Å²) in [7, 11) is 0. The molecule has 0 fully saturated rings. The molecule has 1 unspecified atom stereocenters. The fourth-order valence-electron chi connectivity index (χ4n) is 2.84. The lowest BCUT2D eigenvalue weighted by Crippen LogP contribution is -2.38. The molecule has 0 aromatic heterocycles. The SMILES string of the molecule is CC1(C)CN=C(SCC2=CSC3=NC(c4ccccc4)CN23)N1.Cl.Cl. The average molecular weight is 417 g/mol. The molecule has 1 atom stereocenters. The minimum atomic E-state index is 0. The van der Waals surface area contributed by atoms with Gasteiger partial charge in [-0.1, -0.05) is 53.9 Å². The maximum atomic E-state index is 4.87. The standard InChI is InChI=1S/C17H20N4S2.2ClH/c1-17(2)11-18-15(20-17)22-9-13-10-23-16-19-14(8-21(13)16)12-6-4-3-5-7-12;;/h3-7,10,14H,8-9,11H2,1-2H3,(H,18,20);2*1H. The van der Waals surface area contributed by atoms with E-state index in [4.69, 9.17) is 4.99 Å². The first-order chi connectivity index (χ1) is 11.1. The van der Waals surface area contributed by atoms with Crippen molar-refractivity contribution in [3.8, 4) is 0 Å². The second-order valence-corrected chi connectivity index (χ2v) is 8.40. The first-order valence-electron chi connectivity index (χ1n) is 7.82. The number of hydrogen-bond donors (Lipinski definition) is 1. The number of halogens is 2. The van der Waals surface area contributed by atoms with Gasteiger partial charge in [-0.05, 0) is 24.8 Å². The number of benzene rings is 1. The van der Waals surface area contributed by atoms with Crippen LogP contribution in [0.25, 0.3) is 0 Å². The molecule has 0 saturated heterocycles. The quantitative estimate of drug-likeness (QED) is 0.796. The van der Waals surface area contributed by atoms with Crippen LogP contribution in [0.15, 0.2) is 51.4 Å². The van der Waals surface area contributed by atoms with E-state index in [1.165, 1.54) is 11.3 Å². The third kappa shape index (κ3) is 4.48. The summed E-state index contributed by atoms with van der Waals surface area (Å²) in [6, 6.07) is 10.8. The monoisotopic (exact) mass is 416 g/mol. The molecule has 25 heavy (non-hydrogen) atoms. The van der Waals surface area contributed by atoms with E-state index in [1.54, 1.807) is 23.5 Å². The van der Waals surface area contributed by atoms with Crippen molar-refractivity contribution in [2.45, 2.75) is 25.4 Å². The maximum Gasteiger partial charge on any atom is 0.168 e. The molecule has 8 heteroatoms. The largest absolute Gasteiger partial charge is 0.358 e. The number of amidine groups is 2. The molecule has 3 heterocycles. The predicted molar refractivity (Wildman–Crippen MR) is 115 cm³/mol. The molecule has 0 spiro atoms. The fourth-order valence-corrected chi connectivity index (χ4v) is 4.94. The van der Waals surface area contributed by atoms with Gasteiger partial charge in [-0.15, -0.1) is 24.8 Å². The molecule has 1 aromatic carbocycles. The third-order valence-corrected chi connectivity index (χ3v) is 5.98. The van der Waals surface area contributed by atoms with E-state index >= 15 is 0 Å². The number of nitrogens with one attached hydrogen (secondary N) is 1. The highest BCUT2D eigenvalue weighted by atomic mass is 35.5. The number of fused-ring (bicyclic) bond motifs is 1. The van der Waals surface area contributed by atoms with Crippen LogP contribution in [0.5, 0.6) is 0 Å². The second-order valence-electron chi connectivity index (χ2n) is 6.59. The lowest BCUT2D eigenvalue weighted by atomic mass is 10.1. The Hall–Kier alpha value is -0.820. The van der Waals surface area contributed by atoms with Gasteiger partial charge in [-0.3, -0.25) is 9.98 Å². The molecule has 0 saturated carbocycles. The van der Waals surface area contributed by atoms with Crippen LogP contribution in [0.2, 0.25) is 0 Å². The smallest absolute Gasteiger partial charge is 0.168 e. The van der Waals surface area contributed by atoms with Crippen LogP contribution in [0.1, 0.15) is 25.5 Å². The van der Waals surface area contributed by atoms with E-state index < -0.39 is 0 Å². The van der Waals surface area contributed by atoms with Gasteiger partial charge < -0.3 is 10.2 Å². The summed E-state index contributed by atoms with van der Waals surface area (Å²) in [4.78, 5) is 11.8. The zero-order valence-electron chi connectivity index (χ0n) is 14.1. The molecule has 3 aliphatic rings. The summed E-state index contributed by atoms with van der Waals surface area (Å²) >= 11 is 3.53. The normalized spacial score (nSPS) is 22.9. The van der Waals surface area contributed by atoms with Crippen molar-refractivity contribution in [2.24, 2.45) is 9.98 Å². The van der Waals surface area contributed by atoms with Gasteiger partial charge in [0.05, 0.1) is 24.7 Å². The number of nitrogens with zero attached hydrogens (tertiary/aromatic N) is 3. The van der Waals surface area contributed by atoms with Crippen LogP contribution in [0.3, 0.4) is 0 Å². The van der Waals surface area contributed by atoms with Crippen molar-refractivity contribution >= 4 is 58.7 Å². The van der Waals surface area contributed by atoms with Crippen LogP contribution in [0.4, 0.5) is 0 Å². The lowest BCUT2D eigenvalue weighted by molar-refractivity contribution is 0.508. The first kappa shape index (κ1) is 20.5. The Morgan fingerprint density at radius 3 is 2.72 bits per heavy atom. The highest BCUT2D eigenvalue weighted by Gasteiger charge is 2.33. The molecule has 0 amide bonds. The van der Waals surface area contributed by atoms with E-state index in [2.05, 4.69) is 64.8 Å². The zero-order valence-corrected chi connectivity index (χ0v) is 17.4. The molecular formula is C17H22Cl2N4S2. The van der Waals surface area contributed by atoms with Gasteiger partial charge in [0.1, 0.15) is 0 Å². The van der Waals surface area contributed by atoms with E-state index in [0.717, 1.165) is 29.2 Å². The van der Waals surface area contributed by atoms with Crippen molar-refractivity contribution in [1.29, 1.82) is 0 Å². The van der Waals surface area contributed by atoms with Gasteiger partial charge in [-0.2, -0.15) is 0 Å². The summed E-state index contributed by atoms with van der Waals surface area (Å²) in [5.41, 5.74) is 2.73. The Kier molecular flexibility index (Phi) is 6.76. The van der Waals surface area contributed by atoms with Gasteiger partial charge in [-0.25, -0.2) is 0 Å². The molecule has 3 aliphatic heterocycles. The Bertz CT molecular complexity index is 704. The van der Waals surface area contributed by atoms with Gasteiger partial charge in [0, 0.05) is 11.4 Å². The second kappa shape index (κ2) is 8.25. The van der Waals surface area contributed by atoms with Crippen LogP contribution in [-0.4, -0.2) is 39.6 Å². The predicted octanol–water partition coefficient (Wildman–Crippen LogP) is 4.30. The highest BCUT2D eigenvalue weighted by Crippen LogP contribution is 2.37. The average Bonchev–Trinajstić information content (AvgIpc) is 3.20. The van der Waals surface area contributed by atoms with Crippen molar-refractivity contribution in [1.82, 2.24) is 10.2 Å². The minimum absolute atomic E-state index is 0. The van der Waals surface area contributed by atoms with Crippen molar-refractivity contribution < 1.29 is 0 Å². The van der Waals surface area contributed by atoms with Gasteiger partial charge in [0.15, 0.2) is 10.3 Å². The Labute approximate surface area is 169 Å². The first-order valence-corrected chi connectivity index (χ1v) is 9.69. The summed E-state index contributed by atoms with van der Waals surface area (Å²) in [6.07, 6.45) is 0. The highest BCUT2D eigenvalue weighted by molar-refractivity contribution is 8.17. The summed E-state index contributed by atoms with van der Waals surface area (Å²) in [5, 5.41) is 7.90. The zero-order chi connectivity index (χ0) is 15.9. The number of rotatable bonds is 3. The Balaban J connectivity index is 0.00000113. The summed E-state index contributed by atoms with van der Waals surface area (Å²) in [6.45, 7) is 6.18. The van der Waals surface area contributed by atoms with Gasteiger partial charge in [0.25, 0.3) is 0 Å². The number of aliphatic imine (C=N–C) groups is 2. The Morgan fingerprint density at radius 2 is 2.04 bits per heavy atom. The van der Waals surface area contributed by atoms with Crippen molar-refractivity contribution in [3.05, 3.63) is 47.0 Å². The molecule has 0 bridgehead atoms. The number of thioether (sulfide) groups is 2. The van der Waals surface area contributed by atoms with Crippen LogP contribution >= 0.6 is 48.3 Å². The third-order valence-electron chi connectivity index (χ3n) is 4.10. The van der Waals surface area contributed by atoms with Crippen LogP contribution < -0.4 is 5.32 Å².